The molecule has 2 nitrogen and oxygen atoms in total. The highest BCUT2D eigenvalue weighted by molar-refractivity contribution is 9.10. The van der Waals surface area contributed by atoms with Crippen LogP contribution in [0.15, 0.2) is 22.7 Å². The van der Waals surface area contributed by atoms with Crippen molar-refractivity contribution in [1.82, 2.24) is 4.90 Å². The maximum Gasteiger partial charge on any atom is 0.255 e. The number of rotatable bonds is 6. The lowest BCUT2D eigenvalue weighted by atomic mass is 10.1. The summed E-state index contributed by atoms with van der Waals surface area (Å²) < 4.78 is 0.732. The Labute approximate surface area is 133 Å². The Bertz CT molecular complexity index is 435. The maximum absolute atomic E-state index is 12.6. The van der Waals surface area contributed by atoms with Crippen molar-refractivity contribution in [3.63, 3.8) is 0 Å². The Morgan fingerprint density at radius 1 is 1.37 bits per heavy atom. The van der Waals surface area contributed by atoms with Crippen LogP contribution in [0.3, 0.4) is 0 Å². The third-order valence-electron chi connectivity index (χ3n) is 3.15. The molecule has 0 unspecified atom stereocenters. The predicted molar refractivity (Wildman–Crippen MR) is 85.3 cm³/mol. The molecule has 0 aliphatic carbocycles. The number of hydrogen-bond acceptors (Lipinski definition) is 1. The molecule has 1 aromatic carbocycles. The van der Waals surface area contributed by atoms with Crippen molar-refractivity contribution in [2.75, 3.05) is 12.4 Å². The van der Waals surface area contributed by atoms with E-state index in [9.17, 15) is 4.79 Å². The second kappa shape index (κ2) is 8.13. The Morgan fingerprint density at radius 3 is 2.53 bits per heavy atom. The molecule has 0 N–H and O–H groups in total. The smallest absolute Gasteiger partial charge is 0.255 e. The SMILES string of the molecule is CCC(CC)N(CCCl)C(=O)c1cccc(Br)c1Cl. The van der Waals surface area contributed by atoms with E-state index >= 15 is 0 Å². The fourth-order valence-corrected chi connectivity index (χ4v) is 2.85. The van der Waals surface area contributed by atoms with Gasteiger partial charge in [0.05, 0.1) is 10.6 Å². The molecule has 0 spiro atoms. The molecular formula is C14H18BrCl2NO. The van der Waals surface area contributed by atoms with Crippen LogP contribution < -0.4 is 0 Å². The third-order valence-corrected chi connectivity index (χ3v) is 4.62. The van der Waals surface area contributed by atoms with Gasteiger partial charge >= 0.3 is 0 Å². The zero-order chi connectivity index (χ0) is 14.4. The molecule has 1 aromatic rings. The van der Waals surface area contributed by atoms with Gasteiger partial charge in [-0.1, -0.05) is 31.5 Å². The number of carbonyl (C=O) groups is 1. The molecule has 1 rings (SSSR count). The summed E-state index contributed by atoms with van der Waals surface area (Å²) in [5.41, 5.74) is 0.521. The van der Waals surface area contributed by atoms with E-state index in [0.717, 1.165) is 17.3 Å². The largest absolute Gasteiger partial charge is 0.334 e. The van der Waals surface area contributed by atoms with Gasteiger partial charge in [0.2, 0.25) is 0 Å². The number of amides is 1. The first-order valence-electron chi connectivity index (χ1n) is 6.37. The van der Waals surface area contributed by atoms with Crippen molar-refractivity contribution >= 4 is 45.0 Å². The summed E-state index contributed by atoms with van der Waals surface area (Å²) in [5.74, 6) is 0.370. The van der Waals surface area contributed by atoms with Gasteiger partial charge in [-0.25, -0.2) is 0 Å². The van der Waals surface area contributed by atoms with Crippen LogP contribution in [-0.2, 0) is 0 Å². The van der Waals surface area contributed by atoms with Crippen LogP contribution in [0.4, 0.5) is 0 Å². The monoisotopic (exact) mass is 365 g/mol. The van der Waals surface area contributed by atoms with E-state index in [-0.39, 0.29) is 11.9 Å². The Kier molecular flexibility index (Phi) is 7.19. The second-order valence-corrected chi connectivity index (χ2v) is 5.87. The zero-order valence-electron chi connectivity index (χ0n) is 11.1. The molecule has 0 atom stereocenters. The molecule has 1 amide bonds. The van der Waals surface area contributed by atoms with E-state index in [1.165, 1.54) is 0 Å². The van der Waals surface area contributed by atoms with Crippen molar-refractivity contribution in [1.29, 1.82) is 0 Å². The molecule has 0 fully saturated rings. The molecule has 0 saturated carbocycles. The third kappa shape index (κ3) is 4.11. The van der Waals surface area contributed by atoms with Crippen LogP contribution in [0.2, 0.25) is 5.02 Å². The van der Waals surface area contributed by atoms with Crippen LogP contribution in [0.1, 0.15) is 37.0 Å². The Morgan fingerprint density at radius 2 is 2.00 bits per heavy atom. The van der Waals surface area contributed by atoms with Gasteiger partial charge < -0.3 is 4.90 Å². The average molecular weight is 367 g/mol. The summed E-state index contributed by atoms with van der Waals surface area (Å²) >= 11 is 15.4. The van der Waals surface area contributed by atoms with Crippen LogP contribution >= 0.6 is 39.1 Å². The van der Waals surface area contributed by atoms with Gasteiger partial charge in [0.15, 0.2) is 0 Å². The van der Waals surface area contributed by atoms with Crippen molar-refractivity contribution in [2.45, 2.75) is 32.7 Å². The number of nitrogens with zero attached hydrogens (tertiary/aromatic N) is 1. The summed E-state index contributed by atoms with van der Waals surface area (Å²) in [6.07, 6.45) is 1.81. The fourth-order valence-electron chi connectivity index (χ4n) is 2.09. The van der Waals surface area contributed by atoms with Crippen LogP contribution in [0.25, 0.3) is 0 Å². The second-order valence-electron chi connectivity index (χ2n) is 4.26. The minimum absolute atomic E-state index is 0.0550. The van der Waals surface area contributed by atoms with Crippen molar-refractivity contribution in [3.05, 3.63) is 33.3 Å². The molecule has 0 bridgehead atoms. The van der Waals surface area contributed by atoms with E-state index in [1.807, 2.05) is 17.0 Å². The van der Waals surface area contributed by atoms with Crippen LogP contribution in [0.5, 0.6) is 0 Å². The maximum atomic E-state index is 12.6. The van der Waals surface area contributed by atoms with Crippen LogP contribution in [0, 0.1) is 0 Å². The van der Waals surface area contributed by atoms with Gasteiger partial charge in [-0.15, -0.1) is 11.6 Å². The van der Waals surface area contributed by atoms with Gasteiger partial charge in [-0.2, -0.15) is 0 Å². The molecule has 5 heteroatoms. The van der Waals surface area contributed by atoms with Gasteiger partial charge in [-0.3, -0.25) is 4.79 Å². The quantitative estimate of drug-likeness (QED) is 0.650. The molecule has 0 aliphatic rings. The lowest BCUT2D eigenvalue weighted by Crippen LogP contribution is -2.41. The molecular weight excluding hydrogens is 349 g/mol. The van der Waals surface area contributed by atoms with E-state index in [4.69, 9.17) is 23.2 Å². The fraction of sp³-hybridized carbons (Fsp3) is 0.500. The first-order chi connectivity index (χ1) is 9.06. The predicted octanol–water partition coefficient (Wildman–Crippen LogP) is 4.97. The van der Waals surface area contributed by atoms with Gasteiger partial charge in [0.1, 0.15) is 0 Å². The number of carbonyl (C=O) groups excluding carboxylic acids is 1. The summed E-state index contributed by atoms with van der Waals surface area (Å²) in [6, 6.07) is 5.58. The average Bonchev–Trinajstić information content (AvgIpc) is 2.41. The molecule has 106 valence electrons. The topological polar surface area (TPSA) is 20.3 Å². The van der Waals surface area contributed by atoms with Crippen LogP contribution in [-0.4, -0.2) is 29.3 Å². The molecule has 0 radical (unpaired) electrons. The van der Waals surface area contributed by atoms with Crippen molar-refractivity contribution in [3.8, 4) is 0 Å². The minimum Gasteiger partial charge on any atom is -0.334 e. The van der Waals surface area contributed by atoms with E-state index < -0.39 is 0 Å². The van der Waals surface area contributed by atoms with E-state index in [1.54, 1.807) is 6.07 Å². The zero-order valence-corrected chi connectivity index (χ0v) is 14.2. The normalized spacial score (nSPS) is 10.8. The number of benzene rings is 1. The van der Waals surface area contributed by atoms with Gasteiger partial charge in [-0.05, 0) is 40.9 Å². The molecule has 0 heterocycles. The highest BCUT2D eigenvalue weighted by atomic mass is 79.9. The summed E-state index contributed by atoms with van der Waals surface area (Å²) in [7, 11) is 0. The molecule has 19 heavy (non-hydrogen) atoms. The summed E-state index contributed by atoms with van der Waals surface area (Å²) in [6.45, 7) is 4.69. The number of hydrogen-bond donors (Lipinski definition) is 0. The van der Waals surface area contributed by atoms with Crippen molar-refractivity contribution < 1.29 is 4.79 Å². The summed E-state index contributed by atoms with van der Waals surface area (Å²) in [4.78, 5) is 14.4. The lowest BCUT2D eigenvalue weighted by molar-refractivity contribution is 0.0682. The first-order valence-corrected chi connectivity index (χ1v) is 8.08. The standard InChI is InChI=1S/C14H18BrCl2NO/c1-3-10(4-2)18(9-8-16)14(19)11-6-5-7-12(15)13(11)17/h5-7,10H,3-4,8-9H2,1-2H3. The van der Waals surface area contributed by atoms with Gasteiger partial charge in [0, 0.05) is 22.9 Å². The molecule has 0 aromatic heterocycles. The lowest BCUT2D eigenvalue weighted by Gasteiger charge is -2.30. The van der Waals surface area contributed by atoms with Gasteiger partial charge in [0.25, 0.3) is 5.91 Å². The minimum atomic E-state index is -0.0550. The highest BCUT2D eigenvalue weighted by Crippen LogP contribution is 2.27. The highest BCUT2D eigenvalue weighted by Gasteiger charge is 2.24. The van der Waals surface area contributed by atoms with Crippen molar-refractivity contribution in [2.24, 2.45) is 0 Å². The Balaban J connectivity index is 3.08. The number of alkyl halides is 1. The Hall–Kier alpha value is -0.250. The van der Waals surface area contributed by atoms with E-state index in [2.05, 4.69) is 29.8 Å². The molecule has 0 aliphatic heterocycles. The molecule has 0 saturated heterocycles. The first kappa shape index (κ1) is 16.8. The van der Waals surface area contributed by atoms with E-state index in [0.29, 0.717) is 23.0 Å². The number of halogens is 3. The summed E-state index contributed by atoms with van der Waals surface area (Å²) in [5, 5.41) is 0.457.